The molecular weight excluding hydrogens is 247 g/mol. The summed E-state index contributed by atoms with van der Waals surface area (Å²) in [5.41, 5.74) is 3.66. The number of halogens is 1. The standard InChI is InChI=1S/C14H11FN2S/c1-9-4-2-3-5-12(9)17-13-8-10(15)6-7-11(13)16-14(17)18/h2-8H,1H3,(H,16,18). The summed E-state index contributed by atoms with van der Waals surface area (Å²) in [5.74, 6) is -0.265. The van der Waals surface area contributed by atoms with E-state index in [0.717, 1.165) is 22.3 Å². The van der Waals surface area contributed by atoms with Crippen LogP contribution in [0.1, 0.15) is 5.56 Å². The average Bonchev–Trinajstić information content (AvgIpc) is 2.66. The van der Waals surface area contributed by atoms with E-state index in [1.165, 1.54) is 12.1 Å². The van der Waals surface area contributed by atoms with Crippen molar-refractivity contribution < 1.29 is 4.39 Å². The van der Waals surface area contributed by atoms with Gasteiger partial charge in [-0.1, -0.05) is 18.2 Å². The van der Waals surface area contributed by atoms with Gasteiger partial charge >= 0.3 is 0 Å². The van der Waals surface area contributed by atoms with Gasteiger partial charge in [0, 0.05) is 6.07 Å². The summed E-state index contributed by atoms with van der Waals surface area (Å²) in [6, 6.07) is 12.5. The van der Waals surface area contributed by atoms with Gasteiger partial charge in [0.1, 0.15) is 5.82 Å². The quantitative estimate of drug-likeness (QED) is 0.651. The first-order valence-electron chi connectivity index (χ1n) is 5.63. The molecule has 1 heterocycles. The lowest BCUT2D eigenvalue weighted by Gasteiger charge is -2.07. The molecule has 0 aliphatic carbocycles. The maximum Gasteiger partial charge on any atom is 0.182 e. The molecule has 0 radical (unpaired) electrons. The minimum Gasteiger partial charge on any atom is -0.330 e. The molecule has 1 aromatic heterocycles. The van der Waals surface area contributed by atoms with E-state index in [2.05, 4.69) is 4.98 Å². The van der Waals surface area contributed by atoms with Crippen molar-refractivity contribution >= 4 is 23.3 Å². The molecule has 0 amide bonds. The predicted molar refractivity (Wildman–Crippen MR) is 73.2 cm³/mol. The lowest BCUT2D eigenvalue weighted by atomic mass is 10.2. The van der Waals surface area contributed by atoms with Gasteiger partial charge in [-0.3, -0.25) is 4.57 Å². The Labute approximate surface area is 109 Å². The van der Waals surface area contributed by atoms with Crippen LogP contribution in [0.4, 0.5) is 4.39 Å². The van der Waals surface area contributed by atoms with Crippen LogP contribution >= 0.6 is 12.2 Å². The first-order valence-corrected chi connectivity index (χ1v) is 6.04. The Balaban J connectivity index is 2.42. The van der Waals surface area contributed by atoms with E-state index in [1.54, 1.807) is 6.07 Å². The molecule has 0 saturated heterocycles. The molecule has 0 bridgehead atoms. The Hall–Kier alpha value is -1.94. The number of aromatic amines is 1. The van der Waals surface area contributed by atoms with Gasteiger partial charge in [-0.2, -0.15) is 0 Å². The monoisotopic (exact) mass is 258 g/mol. The number of hydrogen-bond donors (Lipinski definition) is 1. The third kappa shape index (κ3) is 1.66. The molecule has 2 nitrogen and oxygen atoms in total. The molecule has 4 heteroatoms. The summed E-state index contributed by atoms with van der Waals surface area (Å²) in [4.78, 5) is 3.09. The first-order chi connectivity index (χ1) is 8.66. The van der Waals surface area contributed by atoms with Crippen molar-refractivity contribution in [2.45, 2.75) is 6.92 Å². The van der Waals surface area contributed by atoms with Crippen molar-refractivity contribution in [2.24, 2.45) is 0 Å². The lowest BCUT2D eigenvalue weighted by Crippen LogP contribution is -1.96. The number of aryl methyl sites for hydroxylation is 1. The van der Waals surface area contributed by atoms with Gasteiger partial charge in [0.2, 0.25) is 0 Å². The SMILES string of the molecule is Cc1ccccc1-n1c(=S)[nH]c2ccc(F)cc21. The topological polar surface area (TPSA) is 20.7 Å². The van der Waals surface area contributed by atoms with Gasteiger partial charge in [-0.05, 0) is 42.9 Å². The van der Waals surface area contributed by atoms with Crippen LogP contribution in [0.3, 0.4) is 0 Å². The largest absolute Gasteiger partial charge is 0.330 e. The molecule has 18 heavy (non-hydrogen) atoms. The van der Waals surface area contributed by atoms with Crippen LogP contribution in [-0.2, 0) is 0 Å². The third-order valence-electron chi connectivity index (χ3n) is 3.00. The Morgan fingerprint density at radius 2 is 1.94 bits per heavy atom. The van der Waals surface area contributed by atoms with E-state index in [0.29, 0.717) is 4.77 Å². The maximum absolute atomic E-state index is 13.4. The molecule has 3 aromatic rings. The summed E-state index contributed by atoms with van der Waals surface area (Å²) < 4.78 is 15.8. The Morgan fingerprint density at radius 1 is 1.17 bits per heavy atom. The van der Waals surface area contributed by atoms with Crippen molar-refractivity contribution in [3.05, 3.63) is 58.6 Å². The van der Waals surface area contributed by atoms with Gasteiger partial charge < -0.3 is 4.98 Å². The van der Waals surface area contributed by atoms with E-state index in [9.17, 15) is 4.39 Å². The van der Waals surface area contributed by atoms with Crippen molar-refractivity contribution in [2.75, 3.05) is 0 Å². The summed E-state index contributed by atoms with van der Waals surface area (Å²) in [5, 5.41) is 0. The summed E-state index contributed by atoms with van der Waals surface area (Å²) in [6.07, 6.45) is 0. The van der Waals surface area contributed by atoms with Gasteiger partial charge in [-0.15, -0.1) is 0 Å². The molecule has 0 unspecified atom stereocenters. The number of para-hydroxylation sites is 1. The molecule has 90 valence electrons. The summed E-state index contributed by atoms with van der Waals surface area (Å²) >= 11 is 5.32. The number of H-pyrrole nitrogens is 1. The predicted octanol–water partition coefficient (Wildman–Crippen LogP) is 4.14. The summed E-state index contributed by atoms with van der Waals surface area (Å²) in [7, 11) is 0. The van der Waals surface area contributed by atoms with Crippen molar-refractivity contribution in [1.29, 1.82) is 0 Å². The van der Waals surface area contributed by atoms with Crippen molar-refractivity contribution in [3.8, 4) is 5.69 Å². The van der Waals surface area contributed by atoms with Crippen LogP contribution in [0.5, 0.6) is 0 Å². The number of hydrogen-bond acceptors (Lipinski definition) is 1. The van der Waals surface area contributed by atoms with Gasteiger partial charge in [0.15, 0.2) is 4.77 Å². The van der Waals surface area contributed by atoms with E-state index in [4.69, 9.17) is 12.2 Å². The third-order valence-corrected chi connectivity index (χ3v) is 3.29. The van der Waals surface area contributed by atoms with E-state index in [-0.39, 0.29) is 5.82 Å². The van der Waals surface area contributed by atoms with E-state index < -0.39 is 0 Å². The minimum atomic E-state index is -0.265. The van der Waals surface area contributed by atoms with Crippen molar-refractivity contribution in [3.63, 3.8) is 0 Å². The molecule has 0 aliphatic rings. The normalized spacial score (nSPS) is 11.0. The number of imidazole rings is 1. The zero-order chi connectivity index (χ0) is 12.7. The molecule has 0 atom stereocenters. The fraction of sp³-hybridized carbons (Fsp3) is 0.0714. The number of nitrogens with zero attached hydrogens (tertiary/aromatic N) is 1. The number of nitrogens with one attached hydrogen (secondary N) is 1. The number of rotatable bonds is 1. The number of fused-ring (bicyclic) bond motifs is 1. The van der Waals surface area contributed by atoms with Crippen LogP contribution in [0.15, 0.2) is 42.5 Å². The van der Waals surface area contributed by atoms with Crippen LogP contribution in [0.25, 0.3) is 16.7 Å². The zero-order valence-electron chi connectivity index (χ0n) is 9.77. The van der Waals surface area contributed by atoms with Gasteiger partial charge in [0.05, 0.1) is 16.7 Å². The molecule has 2 aromatic carbocycles. The highest BCUT2D eigenvalue weighted by atomic mass is 32.1. The van der Waals surface area contributed by atoms with Gasteiger partial charge in [-0.25, -0.2) is 4.39 Å². The van der Waals surface area contributed by atoms with Gasteiger partial charge in [0.25, 0.3) is 0 Å². The fourth-order valence-corrected chi connectivity index (χ4v) is 2.44. The summed E-state index contributed by atoms with van der Waals surface area (Å²) in [6.45, 7) is 2.01. The second-order valence-electron chi connectivity index (χ2n) is 4.21. The molecule has 0 saturated carbocycles. The smallest absolute Gasteiger partial charge is 0.182 e. The van der Waals surface area contributed by atoms with Crippen LogP contribution in [0.2, 0.25) is 0 Å². The number of aromatic nitrogens is 2. The van der Waals surface area contributed by atoms with E-state index >= 15 is 0 Å². The first kappa shape index (κ1) is 11.2. The van der Waals surface area contributed by atoms with Crippen LogP contribution < -0.4 is 0 Å². The highest BCUT2D eigenvalue weighted by Gasteiger charge is 2.08. The second kappa shape index (κ2) is 4.07. The second-order valence-corrected chi connectivity index (χ2v) is 4.60. The molecular formula is C14H11FN2S. The Kier molecular flexibility index (Phi) is 2.52. The maximum atomic E-state index is 13.4. The highest BCUT2D eigenvalue weighted by molar-refractivity contribution is 7.71. The molecule has 1 N–H and O–H groups in total. The number of benzene rings is 2. The molecule has 0 fully saturated rings. The van der Waals surface area contributed by atoms with Crippen LogP contribution in [-0.4, -0.2) is 9.55 Å². The van der Waals surface area contributed by atoms with Crippen molar-refractivity contribution in [1.82, 2.24) is 9.55 Å². The Morgan fingerprint density at radius 3 is 2.72 bits per heavy atom. The zero-order valence-corrected chi connectivity index (χ0v) is 10.6. The molecule has 0 aliphatic heterocycles. The Bertz CT molecular complexity index is 786. The van der Waals surface area contributed by atoms with E-state index in [1.807, 2.05) is 35.8 Å². The van der Waals surface area contributed by atoms with Crippen LogP contribution in [0, 0.1) is 17.5 Å². The highest BCUT2D eigenvalue weighted by Crippen LogP contribution is 2.22. The molecule has 3 rings (SSSR count). The minimum absolute atomic E-state index is 0.265. The lowest BCUT2D eigenvalue weighted by molar-refractivity contribution is 0.629. The molecule has 0 spiro atoms. The fourth-order valence-electron chi connectivity index (χ4n) is 2.13. The average molecular weight is 258 g/mol.